The Bertz CT molecular complexity index is 642. The summed E-state index contributed by atoms with van der Waals surface area (Å²) >= 11 is 5.15. The Kier molecular flexibility index (Phi) is 4.87. The number of allylic oxidation sites excluding steroid dienone is 1. The van der Waals surface area contributed by atoms with Crippen molar-refractivity contribution in [1.29, 1.82) is 0 Å². The van der Waals surface area contributed by atoms with Crippen molar-refractivity contribution in [2.45, 2.75) is 19.9 Å². The SMILES string of the molecule is CCOC(=O)C1=C(C)NC(=S)N[C@H]1c1cc(OC)ccc1O. The van der Waals surface area contributed by atoms with Crippen LogP contribution in [0.2, 0.25) is 0 Å². The molecule has 1 aliphatic rings. The van der Waals surface area contributed by atoms with E-state index in [1.54, 1.807) is 26.0 Å². The Morgan fingerprint density at radius 1 is 1.45 bits per heavy atom. The largest absolute Gasteiger partial charge is 0.508 e. The minimum Gasteiger partial charge on any atom is -0.508 e. The smallest absolute Gasteiger partial charge is 0.338 e. The highest BCUT2D eigenvalue weighted by molar-refractivity contribution is 7.80. The van der Waals surface area contributed by atoms with E-state index in [9.17, 15) is 9.90 Å². The van der Waals surface area contributed by atoms with Gasteiger partial charge in [0.2, 0.25) is 0 Å². The maximum Gasteiger partial charge on any atom is 0.338 e. The van der Waals surface area contributed by atoms with Gasteiger partial charge in [0, 0.05) is 11.3 Å². The van der Waals surface area contributed by atoms with E-state index in [1.807, 2.05) is 0 Å². The van der Waals surface area contributed by atoms with Crippen LogP contribution in [0.3, 0.4) is 0 Å². The van der Waals surface area contributed by atoms with Crippen molar-refractivity contribution < 1.29 is 19.4 Å². The number of nitrogens with one attached hydrogen (secondary N) is 2. The van der Waals surface area contributed by atoms with Crippen molar-refractivity contribution in [1.82, 2.24) is 10.6 Å². The van der Waals surface area contributed by atoms with Crippen LogP contribution in [-0.4, -0.2) is 29.9 Å². The molecule has 1 aromatic rings. The molecule has 118 valence electrons. The monoisotopic (exact) mass is 322 g/mol. The van der Waals surface area contributed by atoms with Gasteiger partial charge in [0.25, 0.3) is 0 Å². The fourth-order valence-electron chi connectivity index (χ4n) is 2.30. The zero-order valence-electron chi connectivity index (χ0n) is 12.6. The Morgan fingerprint density at radius 3 is 2.82 bits per heavy atom. The molecule has 7 heteroatoms. The molecule has 6 nitrogen and oxygen atoms in total. The number of thiocarbonyl (C=S) groups is 1. The Morgan fingerprint density at radius 2 is 2.18 bits per heavy atom. The van der Waals surface area contributed by atoms with Crippen molar-refractivity contribution in [3.8, 4) is 11.5 Å². The summed E-state index contributed by atoms with van der Waals surface area (Å²) in [4.78, 5) is 12.2. The van der Waals surface area contributed by atoms with Gasteiger partial charge in [0.1, 0.15) is 11.5 Å². The average molecular weight is 322 g/mol. The molecular formula is C15H18N2O4S. The Hall–Kier alpha value is -2.28. The third-order valence-electron chi connectivity index (χ3n) is 3.31. The fourth-order valence-corrected chi connectivity index (χ4v) is 2.57. The van der Waals surface area contributed by atoms with Crippen molar-refractivity contribution in [3.05, 3.63) is 35.0 Å². The van der Waals surface area contributed by atoms with Crippen LogP contribution < -0.4 is 15.4 Å². The first-order chi connectivity index (χ1) is 10.5. The highest BCUT2D eigenvalue weighted by atomic mass is 32.1. The van der Waals surface area contributed by atoms with E-state index in [1.165, 1.54) is 13.2 Å². The summed E-state index contributed by atoms with van der Waals surface area (Å²) in [5.41, 5.74) is 1.46. The van der Waals surface area contributed by atoms with Gasteiger partial charge in [-0.1, -0.05) is 0 Å². The summed E-state index contributed by atoms with van der Waals surface area (Å²) in [5.74, 6) is 0.146. The van der Waals surface area contributed by atoms with Gasteiger partial charge in [-0.15, -0.1) is 0 Å². The quantitative estimate of drug-likeness (QED) is 0.576. The van der Waals surface area contributed by atoms with Gasteiger partial charge in [-0.05, 0) is 44.3 Å². The zero-order chi connectivity index (χ0) is 16.3. The number of ether oxygens (including phenoxy) is 2. The van der Waals surface area contributed by atoms with Crippen molar-refractivity contribution in [3.63, 3.8) is 0 Å². The van der Waals surface area contributed by atoms with E-state index >= 15 is 0 Å². The predicted molar refractivity (Wildman–Crippen MR) is 85.6 cm³/mol. The second kappa shape index (κ2) is 6.65. The lowest BCUT2D eigenvalue weighted by Gasteiger charge is -2.30. The van der Waals surface area contributed by atoms with Gasteiger partial charge in [0.05, 0.1) is 25.3 Å². The van der Waals surface area contributed by atoms with Crippen LogP contribution in [-0.2, 0) is 9.53 Å². The number of carbonyl (C=O) groups is 1. The Labute approximate surface area is 134 Å². The van der Waals surface area contributed by atoms with E-state index in [4.69, 9.17) is 21.7 Å². The van der Waals surface area contributed by atoms with E-state index < -0.39 is 12.0 Å². The maximum atomic E-state index is 12.2. The van der Waals surface area contributed by atoms with Crippen LogP contribution in [0.4, 0.5) is 0 Å². The molecule has 1 heterocycles. The van der Waals surface area contributed by atoms with Gasteiger partial charge in [-0.3, -0.25) is 0 Å². The summed E-state index contributed by atoms with van der Waals surface area (Å²) in [6, 6.07) is 4.20. The molecular weight excluding hydrogens is 304 g/mol. The molecule has 1 aliphatic heterocycles. The molecule has 22 heavy (non-hydrogen) atoms. The lowest BCUT2D eigenvalue weighted by atomic mass is 9.94. The van der Waals surface area contributed by atoms with Gasteiger partial charge in [0.15, 0.2) is 5.11 Å². The number of phenolic OH excluding ortho intramolecular Hbond substituents is 1. The molecule has 0 spiro atoms. The molecule has 0 aromatic heterocycles. The van der Waals surface area contributed by atoms with Crippen LogP contribution in [0.1, 0.15) is 25.5 Å². The van der Waals surface area contributed by atoms with Gasteiger partial charge < -0.3 is 25.2 Å². The van der Waals surface area contributed by atoms with Gasteiger partial charge in [-0.25, -0.2) is 4.79 Å². The van der Waals surface area contributed by atoms with Crippen LogP contribution in [0.25, 0.3) is 0 Å². The van der Waals surface area contributed by atoms with Crippen LogP contribution in [0, 0.1) is 0 Å². The number of carbonyl (C=O) groups excluding carboxylic acids is 1. The Balaban J connectivity index is 2.52. The first-order valence-corrected chi connectivity index (χ1v) is 7.21. The number of hydrogen-bond donors (Lipinski definition) is 3. The van der Waals surface area contributed by atoms with Crippen molar-refractivity contribution >= 4 is 23.3 Å². The molecule has 0 radical (unpaired) electrons. The third kappa shape index (κ3) is 3.14. The first-order valence-electron chi connectivity index (χ1n) is 6.80. The molecule has 0 bridgehead atoms. The minimum atomic E-state index is -0.608. The number of benzene rings is 1. The number of hydrogen-bond acceptors (Lipinski definition) is 5. The normalized spacial score (nSPS) is 17.6. The maximum absolute atomic E-state index is 12.2. The second-order valence-corrected chi connectivity index (χ2v) is 5.12. The van der Waals surface area contributed by atoms with Gasteiger partial charge >= 0.3 is 5.97 Å². The van der Waals surface area contributed by atoms with Gasteiger partial charge in [-0.2, -0.15) is 0 Å². The average Bonchev–Trinajstić information content (AvgIpc) is 2.47. The summed E-state index contributed by atoms with van der Waals surface area (Å²) < 4.78 is 10.3. The lowest BCUT2D eigenvalue weighted by molar-refractivity contribution is -0.139. The summed E-state index contributed by atoms with van der Waals surface area (Å²) in [6.45, 7) is 3.74. The molecule has 1 atom stereocenters. The molecule has 0 amide bonds. The number of rotatable bonds is 4. The third-order valence-corrected chi connectivity index (χ3v) is 3.53. The molecule has 0 unspecified atom stereocenters. The summed E-state index contributed by atoms with van der Waals surface area (Å²) in [7, 11) is 1.53. The van der Waals surface area contributed by atoms with Crippen molar-refractivity contribution in [2.75, 3.05) is 13.7 Å². The molecule has 2 rings (SSSR count). The standard InChI is InChI=1S/C15H18N2O4S/c1-4-21-14(19)12-8(2)16-15(22)17-13(12)10-7-9(20-3)5-6-11(10)18/h5-7,13,18H,4H2,1-3H3,(H2,16,17,22)/t13-/m0/s1. The number of aromatic hydroxyl groups is 1. The number of esters is 1. The highest BCUT2D eigenvalue weighted by Crippen LogP contribution is 2.35. The van der Waals surface area contributed by atoms with E-state index in [0.717, 1.165) is 0 Å². The lowest BCUT2D eigenvalue weighted by Crippen LogP contribution is -2.45. The van der Waals surface area contributed by atoms with Crippen molar-refractivity contribution in [2.24, 2.45) is 0 Å². The molecule has 0 saturated carbocycles. The topological polar surface area (TPSA) is 79.8 Å². The highest BCUT2D eigenvalue weighted by Gasteiger charge is 2.32. The molecule has 3 N–H and O–H groups in total. The number of phenols is 1. The fraction of sp³-hybridized carbons (Fsp3) is 0.333. The molecule has 0 fully saturated rings. The number of methoxy groups -OCH3 is 1. The first kappa shape index (κ1) is 16.1. The molecule has 0 aliphatic carbocycles. The van der Waals surface area contributed by atoms with Crippen LogP contribution in [0.15, 0.2) is 29.5 Å². The predicted octanol–water partition coefficient (Wildman–Crippen LogP) is 1.76. The minimum absolute atomic E-state index is 0.0394. The summed E-state index contributed by atoms with van der Waals surface area (Å²) in [5, 5.41) is 16.4. The van der Waals surface area contributed by atoms with Crippen LogP contribution >= 0.6 is 12.2 Å². The van der Waals surface area contributed by atoms with E-state index in [0.29, 0.717) is 27.7 Å². The van der Waals surface area contributed by atoms with Crippen LogP contribution in [0.5, 0.6) is 11.5 Å². The summed E-state index contributed by atoms with van der Waals surface area (Å²) in [6.07, 6.45) is 0. The zero-order valence-corrected chi connectivity index (χ0v) is 13.4. The molecule has 0 saturated heterocycles. The molecule has 1 aromatic carbocycles. The second-order valence-electron chi connectivity index (χ2n) is 4.72. The van der Waals surface area contributed by atoms with E-state index in [2.05, 4.69) is 10.6 Å². The van der Waals surface area contributed by atoms with E-state index in [-0.39, 0.29) is 12.4 Å².